The van der Waals surface area contributed by atoms with Crippen LogP contribution in [-0.2, 0) is 4.79 Å². The van der Waals surface area contributed by atoms with Gasteiger partial charge in [-0.3, -0.25) is 24.1 Å². The molecular weight excluding hydrogens is 401 g/mol. The second-order valence-corrected chi connectivity index (χ2v) is 7.78. The highest BCUT2D eigenvalue weighted by Gasteiger charge is 2.42. The molecule has 4 rings (SSSR count). The van der Waals surface area contributed by atoms with Gasteiger partial charge in [-0.1, -0.05) is 12.1 Å². The Labute approximate surface area is 178 Å². The Balaban J connectivity index is 1.34. The summed E-state index contributed by atoms with van der Waals surface area (Å²) >= 11 is 0. The van der Waals surface area contributed by atoms with Crippen molar-refractivity contribution in [3.8, 4) is 0 Å². The molecule has 4 amide bonds. The minimum atomic E-state index is -0.905. The first-order valence-electron chi connectivity index (χ1n) is 10.2. The monoisotopic (exact) mass is 423 g/mol. The van der Waals surface area contributed by atoms with Crippen LogP contribution in [0.5, 0.6) is 0 Å². The molecule has 31 heavy (non-hydrogen) atoms. The Bertz CT molecular complexity index is 1010. The van der Waals surface area contributed by atoms with E-state index in [4.69, 9.17) is 0 Å². The van der Waals surface area contributed by atoms with Gasteiger partial charge in [-0.25, -0.2) is 4.39 Å². The van der Waals surface area contributed by atoms with Crippen molar-refractivity contribution in [2.24, 2.45) is 0 Å². The van der Waals surface area contributed by atoms with Gasteiger partial charge in [-0.15, -0.1) is 0 Å². The summed E-state index contributed by atoms with van der Waals surface area (Å²) in [5, 5.41) is 2.91. The number of nitrogens with zero attached hydrogens (tertiary/aromatic N) is 2. The molecular formula is C23H22FN3O4. The lowest BCUT2D eigenvalue weighted by Crippen LogP contribution is -2.53. The highest BCUT2D eigenvalue weighted by atomic mass is 19.1. The van der Waals surface area contributed by atoms with Crippen molar-refractivity contribution in [3.63, 3.8) is 0 Å². The summed E-state index contributed by atoms with van der Waals surface area (Å²) in [6, 6.07) is 10.8. The molecule has 0 aromatic heterocycles. The number of carbonyl (C=O) groups is 4. The van der Waals surface area contributed by atoms with E-state index in [9.17, 15) is 23.6 Å². The van der Waals surface area contributed by atoms with Gasteiger partial charge in [0.25, 0.3) is 17.7 Å². The quantitative estimate of drug-likeness (QED) is 0.764. The van der Waals surface area contributed by atoms with E-state index < -0.39 is 23.7 Å². The predicted octanol–water partition coefficient (Wildman–Crippen LogP) is 2.23. The number of piperidine rings is 1. The SMILES string of the molecule is CC(C(=O)N1CCC(NC(=O)c2ccc(F)cc2)CC1)N1C(=O)c2ccccc2C1=O. The van der Waals surface area contributed by atoms with Crippen molar-refractivity contribution >= 4 is 23.6 Å². The van der Waals surface area contributed by atoms with Gasteiger partial charge in [0.15, 0.2) is 0 Å². The standard InChI is InChI=1S/C23H22FN3O4/c1-14(27-22(30)18-4-2-3-5-19(18)23(27)31)21(29)26-12-10-17(11-13-26)25-20(28)15-6-8-16(24)9-7-15/h2-9,14,17H,10-13H2,1H3,(H,25,28). The molecule has 1 saturated heterocycles. The molecule has 2 aromatic rings. The molecule has 2 aliphatic rings. The van der Waals surface area contributed by atoms with E-state index in [0.29, 0.717) is 42.6 Å². The molecule has 160 valence electrons. The number of amides is 4. The summed E-state index contributed by atoms with van der Waals surface area (Å²) in [4.78, 5) is 53.2. The normalized spacial score (nSPS) is 17.5. The van der Waals surface area contributed by atoms with Crippen LogP contribution in [0, 0.1) is 5.82 Å². The minimum absolute atomic E-state index is 0.115. The van der Waals surface area contributed by atoms with Gasteiger partial charge in [0.05, 0.1) is 11.1 Å². The number of fused-ring (bicyclic) bond motifs is 1. The van der Waals surface area contributed by atoms with Crippen molar-refractivity contribution in [1.29, 1.82) is 0 Å². The summed E-state index contributed by atoms with van der Waals surface area (Å²) in [6.07, 6.45) is 1.10. The van der Waals surface area contributed by atoms with Crippen molar-refractivity contribution in [2.75, 3.05) is 13.1 Å². The third kappa shape index (κ3) is 3.93. The van der Waals surface area contributed by atoms with E-state index >= 15 is 0 Å². The van der Waals surface area contributed by atoms with Crippen LogP contribution in [0.15, 0.2) is 48.5 Å². The molecule has 0 aliphatic carbocycles. The lowest BCUT2D eigenvalue weighted by molar-refractivity contribution is -0.136. The zero-order valence-electron chi connectivity index (χ0n) is 17.0. The molecule has 0 bridgehead atoms. The van der Waals surface area contributed by atoms with Crippen molar-refractivity contribution in [1.82, 2.24) is 15.1 Å². The molecule has 1 unspecified atom stereocenters. The second-order valence-electron chi connectivity index (χ2n) is 7.78. The Hall–Kier alpha value is -3.55. The molecule has 8 heteroatoms. The summed E-state index contributed by atoms with van der Waals surface area (Å²) < 4.78 is 13.0. The maximum atomic E-state index is 13.0. The number of hydrogen-bond donors (Lipinski definition) is 1. The van der Waals surface area contributed by atoms with Crippen LogP contribution in [0.3, 0.4) is 0 Å². The van der Waals surface area contributed by atoms with E-state index in [1.54, 1.807) is 36.1 Å². The third-order valence-electron chi connectivity index (χ3n) is 5.82. The first-order valence-corrected chi connectivity index (χ1v) is 10.2. The van der Waals surface area contributed by atoms with E-state index in [-0.39, 0.29) is 17.9 Å². The molecule has 0 radical (unpaired) electrons. The molecule has 2 aromatic carbocycles. The van der Waals surface area contributed by atoms with E-state index in [1.807, 2.05) is 0 Å². The van der Waals surface area contributed by atoms with Gasteiger partial charge >= 0.3 is 0 Å². The van der Waals surface area contributed by atoms with Crippen LogP contribution in [0.4, 0.5) is 4.39 Å². The zero-order valence-corrected chi connectivity index (χ0v) is 17.0. The predicted molar refractivity (Wildman–Crippen MR) is 110 cm³/mol. The summed E-state index contributed by atoms with van der Waals surface area (Å²) in [5.74, 6) is -1.90. The highest BCUT2D eigenvalue weighted by Crippen LogP contribution is 2.25. The van der Waals surface area contributed by atoms with Gasteiger partial charge in [0.1, 0.15) is 11.9 Å². The van der Waals surface area contributed by atoms with Crippen LogP contribution in [0.1, 0.15) is 50.8 Å². The van der Waals surface area contributed by atoms with Crippen molar-refractivity contribution in [2.45, 2.75) is 31.8 Å². The number of likely N-dealkylation sites (tertiary alicyclic amines) is 1. The topological polar surface area (TPSA) is 86.8 Å². The van der Waals surface area contributed by atoms with Crippen LogP contribution in [-0.4, -0.2) is 58.6 Å². The van der Waals surface area contributed by atoms with Crippen LogP contribution < -0.4 is 5.32 Å². The number of nitrogens with one attached hydrogen (secondary N) is 1. The largest absolute Gasteiger partial charge is 0.349 e. The van der Waals surface area contributed by atoms with Crippen molar-refractivity contribution < 1.29 is 23.6 Å². The minimum Gasteiger partial charge on any atom is -0.349 e. The molecule has 1 fully saturated rings. The number of rotatable bonds is 4. The fourth-order valence-electron chi connectivity index (χ4n) is 4.05. The number of carbonyl (C=O) groups excluding carboxylic acids is 4. The van der Waals surface area contributed by atoms with Crippen LogP contribution in [0.2, 0.25) is 0 Å². The number of halogens is 1. The average Bonchev–Trinajstić information content (AvgIpc) is 3.04. The molecule has 0 saturated carbocycles. The van der Waals surface area contributed by atoms with Crippen LogP contribution in [0.25, 0.3) is 0 Å². The first-order chi connectivity index (χ1) is 14.9. The van der Waals surface area contributed by atoms with E-state index in [0.717, 1.165) is 4.90 Å². The maximum Gasteiger partial charge on any atom is 0.262 e. The molecule has 7 nitrogen and oxygen atoms in total. The summed E-state index contributed by atoms with van der Waals surface area (Å²) in [5.41, 5.74) is 1.00. The number of hydrogen-bond acceptors (Lipinski definition) is 4. The second kappa shape index (κ2) is 8.29. The Morgan fingerprint density at radius 1 is 0.968 bits per heavy atom. The molecule has 2 heterocycles. The van der Waals surface area contributed by atoms with Gasteiger partial charge in [-0.05, 0) is 56.2 Å². The Morgan fingerprint density at radius 2 is 1.52 bits per heavy atom. The lowest BCUT2D eigenvalue weighted by Gasteiger charge is -2.35. The van der Waals surface area contributed by atoms with Crippen LogP contribution >= 0.6 is 0 Å². The van der Waals surface area contributed by atoms with E-state index in [2.05, 4.69) is 5.32 Å². The Kier molecular flexibility index (Phi) is 5.54. The smallest absolute Gasteiger partial charge is 0.262 e. The fraction of sp³-hybridized carbons (Fsp3) is 0.304. The number of benzene rings is 2. The van der Waals surface area contributed by atoms with Crippen molar-refractivity contribution in [3.05, 3.63) is 71.0 Å². The van der Waals surface area contributed by atoms with E-state index in [1.165, 1.54) is 24.3 Å². The maximum absolute atomic E-state index is 13.0. The highest BCUT2D eigenvalue weighted by molar-refractivity contribution is 6.22. The average molecular weight is 423 g/mol. The first kappa shape index (κ1) is 20.7. The lowest BCUT2D eigenvalue weighted by atomic mass is 10.0. The summed E-state index contributed by atoms with van der Waals surface area (Å²) in [6.45, 7) is 2.37. The molecule has 2 aliphatic heterocycles. The third-order valence-corrected chi connectivity index (χ3v) is 5.82. The number of imide groups is 1. The molecule has 1 N–H and O–H groups in total. The summed E-state index contributed by atoms with van der Waals surface area (Å²) in [7, 11) is 0. The molecule has 1 atom stereocenters. The Morgan fingerprint density at radius 3 is 2.06 bits per heavy atom. The zero-order chi connectivity index (χ0) is 22.1. The van der Waals surface area contributed by atoms with Gasteiger partial charge in [-0.2, -0.15) is 0 Å². The van der Waals surface area contributed by atoms with Gasteiger partial charge < -0.3 is 10.2 Å². The fourth-order valence-corrected chi connectivity index (χ4v) is 4.05. The van der Waals surface area contributed by atoms with Gasteiger partial charge in [0.2, 0.25) is 5.91 Å². The van der Waals surface area contributed by atoms with Gasteiger partial charge in [0, 0.05) is 24.7 Å². The molecule has 0 spiro atoms.